The molecular weight excluding hydrogens is 420 g/mol. The quantitative estimate of drug-likeness (QED) is 0.567. The molecule has 1 N–H and O–H groups in total. The predicted molar refractivity (Wildman–Crippen MR) is 112 cm³/mol. The van der Waals surface area contributed by atoms with Crippen LogP contribution in [-0.2, 0) is 14.8 Å². The minimum absolute atomic E-state index is 0.185. The fourth-order valence-corrected chi connectivity index (χ4v) is 3.49. The van der Waals surface area contributed by atoms with Crippen molar-refractivity contribution in [3.05, 3.63) is 47.5 Å². The first-order chi connectivity index (χ1) is 13.7. The molecule has 158 valence electrons. The molecule has 0 saturated heterocycles. The number of anilines is 1. The summed E-state index contributed by atoms with van der Waals surface area (Å²) in [6.07, 6.45) is 1.01. The summed E-state index contributed by atoms with van der Waals surface area (Å²) in [6, 6.07) is 11.6. The fourth-order valence-electron chi connectivity index (χ4n) is 2.48. The van der Waals surface area contributed by atoms with Gasteiger partial charge in [0, 0.05) is 11.1 Å². The second-order valence-electron chi connectivity index (χ2n) is 5.96. The third-order valence-corrected chi connectivity index (χ3v) is 5.19. The van der Waals surface area contributed by atoms with Crippen LogP contribution in [0.2, 0.25) is 5.02 Å². The minimum Gasteiger partial charge on any atom is -0.497 e. The Morgan fingerprint density at radius 3 is 2.48 bits per heavy atom. The van der Waals surface area contributed by atoms with Crippen LogP contribution in [0.3, 0.4) is 0 Å². The number of nitrogens with one attached hydrogen (secondary N) is 1. The molecule has 0 bridgehead atoms. The molecule has 0 aliphatic carbocycles. The molecule has 0 spiro atoms. The summed E-state index contributed by atoms with van der Waals surface area (Å²) >= 11 is 5.98. The number of carbonyl (C=O) groups is 1. The second-order valence-corrected chi connectivity index (χ2v) is 8.31. The normalized spacial score (nSPS) is 10.9. The largest absolute Gasteiger partial charge is 0.497 e. The van der Waals surface area contributed by atoms with Crippen molar-refractivity contribution in [1.82, 2.24) is 5.32 Å². The Hall–Kier alpha value is -2.65. The lowest BCUT2D eigenvalue weighted by Crippen LogP contribution is -2.41. The summed E-state index contributed by atoms with van der Waals surface area (Å²) in [5, 5.41) is 2.95. The zero-order valence-electron chi connectivity index (χ0n) is 16.3. The van der Waals surface area contributed by atoms with Crippen molar-refractivity contribution < 1.29 is 27.4 Å². The van der Waals surface area contributed by atoms with Gasteiger partial charge in [0.15, 0.2) is 0 Å². The van der Waals surface area contributed by atoms with E-state index in [1.54, 1.807) is 37.4 Å². The van der Waals surface area contributed by atoms with Crippen molar-refractivity contribution in [2.24, 2.45) is 0 Å². The molecule has 1 amide bonds. The molecule has 0 aromatic heterocycles. The summed E-state index contributed by atoms with van der Waals surface area (Å²) < 4.78 is 41.3. The van der Waals surface area contributed by atoms with Gasteiger partial charge in [-0.1, -0.05) is 17.7 Å². The van der Waals surface area contributed by atoms with E-state index in [0.717, 1.165) is 10.6 Å². The van der Waals surface area contributed by atoms with Gasteiger partial charge in [-0.3, -0.25) is 9.10 Å². The van der Waals surface area contributed by atoms with Crippen molar-refractivity contribution in [3.8, 4) is 17.2 Å². The van der Waals surface area contributed by atoms with Crippen molar-refractivity contribution in [1.29, 1.82) is 0 Å². The Bertz CT molecular complexity index is 951. The van der Waals surface area contributed by atoms with Crippen LogP contribution in [0.25, 0.3) is 0 Å². The Labute approximate surface area is 175 Å². The van der Waals surface area contributed by atoms with E-state index < -0.39 is 22.5 Å². The molecule has 2 aromatic carbocycles. The lowest BCUT2D eigenvalue weighted by Gasteiger charge is -2.24. The maximum atomic E-state index is 12.3. The van der Waals surface area contributed by atoms with E-state index >= 15 is 0 Å². The van der Waals surface area contributed by atoms with Crippen LogP contribution >= 0.6 is 11.6 Å². The highest BCUT2D eigenvalue weighted by Crippen LogP contribution is 2.32. The number of nitrogens with zero attached hydrogens (tertiary/aromatic N) is 1. The average Bonchev–Trinajstić information content (AvgIpc) is 2.68. The van der Waals surface area contributed by atoms with Crippen molar-refractivity contribution in [2.45, 2.75) is 0 Å². The zero-order valence-corrected chi connectivity index (χ0v) is 17.9. The van der Waals surface area contributed by atoms with Gasteiger partial charge in [-0.05, 0) is 30.3 Å². The van der Waals surface area contributed by atoms with Gasteiger partial charge in [-0.2, -0.15) is 0 Å². The smallest absolute Gasteiger partial charge is 0.240 e. The van der Waals surface area contributed by atoms with E-state index in [-0.39, 0.29) is 24.6 Å². The maximum Gasteiger partial charge on any atom is 0.240 e. The summed E-state index contributed by atoms with van der Waals surface area (Å²) in [6.45, 7) is -0.0205. The van der Waals surface area contributed by atoms with Crippen molar-refractivity contribution in [3.63, 3.8) is 0 Å². The van der Waals surface area contributed by atoms with E-state index in [1.165, 1.54) is 19.2 Å². The molecule has 0 atom stereocenters. The van der Waals surface area contributed by atoms with Gasteiger partial charge in [0.05, 0.1) is 32.7 Å². The van der Waals surface area contributed by atoms with Crippen LogP contribution in [0.4, 0.5) is 5.69 Å². The van der Waals surface area contributed by atoms with Gasteiger partial charge >= 0.3 is 0 Å². The molecule has 0 fully saturated rings. The number of ether oxygens (including phenoxy) is 3. The first kappa shape index (κ1) is 22.6. The molecule has 0 saturated carbocycles. The highest BCUT2D eigenvalue weighted by atomic mass is 35.5. The number of halogens is 1. The van der Waals surface area contributed by atoms with E-state index in [9.17, 15) is 13.2 Å². The first-order valence-corrected chi connectivity index (χ1v) is 10.8. The Balaban J connectivity index is 1.98. The van der Waals surface area contributed by atoms with Crippen LogP contribution in [0.5, 0.6) is 17.2 Å². The first-order valence-electron chi connectivity index (χ1n) is 8.59. The topological polar surface area (TPSA) is 94.2 Å². The third kappa shape index (κ3) is 6.72. The Kier molecular flexibility index (Phi) is 7.98. The van der Waals surface area contributed by atoms with E-state index in [2.05, 4.69) is 5.32 Å². The number of carbonyl (C=O) groups excluding carboxylic acids is 1. The maximum absolute atomic E-state index is 12.3. The Morgan fingerprint density at radius 2 is 1.83 bits per heavy atom. The van der Waals surface area contributed by atoms with Crippen LogP contribution in [0.1, 0.15) is 0 Å². The molecule has 29 heavy (non-hydrogen) atoms. The SMILES string of the molecule is COc1cccc(OCCNC(=O)CN(c2cc(Cl)ccc2OC)S(C)(=O)=O)c1. The van der Waals surface area contributed by atoms with Gasteiger partial charge in [-0.15, -0.1) is 0 Å². The molecule has 0 radical (unpaired) electrons. The molecule has 0 heterocycles. The van der Waals surface area contributed by atoms with Crippen LogP contribution in [0, 0.1) is 0 Å². The molecule has 10 heteroatoms. The van der Waals surface area contributed by atoms with E-state index in [0.29, 0.717) is 16.5 Å². The average molecular weight is 443 g/mol. The number of hydrogen-bond donors (Lipinski definition) is 1. The summed E-state index contributed by atoms with van der Waals surface area (Å²) in [5.41, 5.74) is 0.185. The second kappa shape index (κ2) is 10.2. The molecule has 2 rings (SSSR count). The van der Waals surface area contributed by atoms with Crippen LogP contribution in [0.15, 0.2) is 42.5 Å². The monoisotopic (exact) mass is 442 g/mol. The standard InChI is InChI=1S/C19H23ClN2O6S/c1-26-15-5-4-6-16(12-15)28-10-9-21-19(23)13-22(29(3,24)25)17-11-14(20)7-8-18(17)27-2/h4-8,11-12H,9-10,13H2,1-3H3,(H,21,23). The van der Waals surface area contributed by atoms with Crippen molar-refractivity contribution >= 4 is 33.2 Å². The zero-order chi connectivity index (χ0) is 21.4. The molecular formula is C19H23ClN2O6S. The summed E-state index contributed by atoms with van der Waals surface area (Å²) in [4.78, 5) is 12.3. The van der Waals surface area contributed by atoms with Gasteiger partial charge in [0.2, 0.25) is 15.9 Å². The number of sulfonamides is 1. The highest BCUT2D eigenvalue weighted by molar-refractivity contribution is 7.92. The lowest BCUT2D eigenvalue weighted by molar-refractivity contribution is -0.119. The predicted octanol–water partition coefficient (Wildman–Crippen LogP) is 2.32. The number of benzene rings is 2. The van der Waals surface area contributed by atoms with Gasteiger partial charge in [0.25, 0.3) is 0 Å². The summed E-state index contributed by atoms with van der Waals surface area (Å²) in [5.74, 6) is 1.05. The molecule has 2 aromatic rings. The van der Waals surface area contributed by atoms with Crippen LogP contribution in [-0.4, -0.2) is 54.5 Å². The van der Waals surface area contributed by atoms with Crippen LogP contribution < -0.4 is 23.8 Å². The van der Waals surface area contributed by atoms with Crippen molar-refractivity contribution in [2.75, 3.05) is 44.5 Å². The summed E-state index contributed by atoms with van der Waals surface area (Å²) in [7, 11) is -0.792. The fraction of sp³-hybridized carbons (Fsp3) is 0.316. The molecule has 0 aliphatic heterocycles. The number of amides is 1. The van der Waals surface area contributed by atoms with E-state index in [1.807, 2.05) is 0 Å². The minimum atomic E-state index is -3.75. The van der Waals surface area contributed by atoms with Gasteiger partial charge < -0.3 is 19.5 Å². The van der Waals surface area contributed by atoms with Gasteiger partial charge in [-0.25, -0.2) is 8.42 Å². The number of rotatable bonds is 10. The van der Waals surface area contributed by atoms with Gasteiger partial charge in [0.1, 0.15) is 30.4 Å². The molecule has 8 nitrogen and oxygen atoms in total. The Morgan fingerprint density at radius 1 is 1.10 bits per heavy atom. The van der Waals surface area contributed by atoms with E-state index in [4.69, 9.17) is 25.8 Å². The lowest BCUT2D eigenvalue weighted by atomic mass is 10.3. The molecule has 0 aliphatic rings. The molecule has 0 unspecified atom stereocenters. The highest BCUT2D eigenvalue weighted by Gasteiger charge is 2.24. The number of hydrogen-bond acceptors (Lipinski definition) is 6. The number of methoxy groups -OCH3 is 2. The third-order valence-electron chi connectivity index (χ3n) is 3.83.